The maximum absolute atomic E-state index is 13.4. The second kappa shape index (κ2) is 15.5. The predicted octanol–water partition coefficient (Wildman–Crippen LogP) is 6.84. The van der Waals surface area contributed by atoms with E-state index < -0.39 is 53.2 Å². The topological polar surface area (TPSA) is 145 Å². The standard InChI is InChI=1S/C40H40F6N8O5/c1-51-35-26(4-2-6-30(35)54(38(51)58)31-12-13-34(55)49-37(31)57)23-14-16-52(17-15-23)20-22-8-10-25(11-9-22)53-21-24-18-29(32(19-28(24)50-53)59-40(44,45)46)48-36(56)27-5-3-7-33(47-27)39(41,42)43/h2-7,18-19,21-23,25,31H,8-17,20H2,1H3,(H,48,56)(H,49,55,57)/t22-,25-,31?. The number of amides is 3. The molecule has 59 heavy (non-hydrogen) atoms. The van der Waals surface area contributed by atoms with Crippen LogP contribution in [-0.4, -0.2) is 72.5 Å². The molecule has 0 radical (unpaired) electrons. The minimum atomic E-state index is -5.13. The summed E-state index contributed by atoms with van der Waals surface area (Å²) in [5, 5.41) is 9.52. The van der Waals surface area contributed by atoms with Crippen molar-refractivity contribution in [1.82, 2.24) is 34.1 Å². The summed E-state index contributed by atoms with van der Waals surface area (Å²) in [6.45, 7) is 2.66. The van der Waals surface area contributed by atoms with Crippen molar-refractivity contribution in [3.05, 3.63) is 82.2 Å². The highest BCUT2D eigenvalue weighted by Gasteiger charge is 2.36. The summed E-state index contributed by atoms with van der Waals surface area (Å²) in [4.78, 5) is 56.5. The van der Waals surface area contributed by atoms with Crippen LogP contribution in [0.1, 0.15) is 91.1 Å². The molecule has 19 heteroatoms. The maximum atomic E-state index is 13.4. The van der Waals surface area contributed by atoms with Gasteiger partial charge in [-0.15, -0.1) is 13.2 Å². The summed E-state index contributed by atoms with van der Waals surface area (Å²) < 4.78 is 88.7. The highest BCUT2D eigenvalue weighted by Crippen LogP contribution is 2.39. The smallest absolute Gasteiger partial charge is 0.403 e. The zero-order chi connectivity index (χ0) is 41.8. The van der Waals surface area contributed by atoms with Crippen molar-refractivity contribution in [2.75, 3.05) is 25.0 Å². The number of hydrogen-bond acceptors (Lipinski definition) is 8. The van der Waals surface area contributed by atoms with Gasteiger partial charge in [-0.3, -0.25) is 33.5 Å². The molecule has 312 valence electrons. The van der Waals surface area contributed by atoms with E-state index in [4.69, 9.17) is 0 Å². The first kappa shape index (κ1) is 40.1. The fraction of sp³-hybridized carbons (Fsp3) is 0.450. The van der Waals surface area contributed by atoms with Crippen molar-refractivity contribution in [1.29, 1.82) is 0 Å². The Labute approximate surface area is 332 Å². The number of alkyl halides is 6. The number of piperidine rings is 2. The molecule has 5 aromatic rings. The lowest BCUT2D eigenvalue weighted by Crippen LogP contribution is -2.44. The number of imidazole rings is 1. The number of para-hydroxylation sites is 1. The van der Waals surface area contributed by atoms with Crippen LogP contribution in [-0.2, 0) is 22.8 Å². The van der Waals surface area contributed by atoms with E-state index in [1.165, 1.54) is 10.6 Å². The summed E-state index contributed by atoms with van der Waals surface area (Å²) in [6, 6.07) is 10.0. The van der Waals surface area contributed by atoms with Crippen LogP contribution in [0.3, 0.4) is 0 Å². The molecule has 2 aromatic carbocycles. The summed E-state index contributed by atoms with van der Waals surface area (Å²) >= 11 is 0. The van der Waals surface area contributed by atoms with Crippen LogP contribution in [0, 0.1) is 5.92 Å². The Kier molecular flexibility index (Phi) is 10.5. The highest BCUT2D eigenvalue weighted by molar-refractivity contribution is 6.05. The van der Waals surface area contributed by atoms with Gasteiger partial charge in [-0.1, -0.05) is 18.2 Å². The molecule has 3 fully saturated rings. The lowest BCUT2D eigenvalue weighted by Gasteiger charge is -2.37. The summed E-state index contributed by atoms with van der Waals surface area (Å²) in [5.74, 6) is -2.08. The number of ether oxygens (including phenoxy) is 1. The van der Waals surface area contributed by atoms with Crippen molar-refractivity contribution in [2.45, 2.75) is 81.9 Å². The second-order valence-corrected chi connectivity index (χ2v) is 15.6. The number of halogens is 6. The quantitative estimate of drug-likeness (QED) is 0.128. The number of anilines is 1. The molecule has 3 aliphatic rings. The number of pyridine rings is 1. The molecule has 1 unspecified atom stereocenters. The zero-order valence-electron chi connectivity index (χ0n) is 31.8. The van der Waals surface area contributed by atoms with Crippen molar-refractivity contribution >= 4 is 45.3 Å². The number of nitrogens with zero attached hydrogens (tertiary/aromatic N) is 6. The van der Waals surface area contributed by atoms with Crippen molar-refractivity contribution < 1.29 is 45.5 Å². The number of aromatic nitrogens is 5. The number of benzene rings is 2. The molecular formula is C40H40F6N8O5. The van der Waals surface area contributed by atoms with Gasteiger partial charge in [0.2, 0.25) is 11.8 Å². The molecular weight excluding hydrogens is 786 g/mol. The minimum Gasteiger partial charge on any atom is -0.403 e. The molecule has 5 heterocycles. The van der Waals surface area contributed by atoms with Gasteiger partial charge in [0, 0.05) is 37.7 Å². The second-order valence-electron chi connectivity index (χ2n) is 15.6. The van der Waals surface area contributed by atoms with Crippen molar-refractivity contribution in [2.24, 2.45) is 13.0 Å². The molecule has 2 saturated heterocycles. The molecule has 2 N–H and O–H groups in total. The first-order chi connectivity index (χ1) is 28.0. The van der Waals surface area contributed by atoms with Gasteiger partial charge < -0.3 is 15.0 Å². The molecule has 8 rings (SSSR count). The summed E-state index contributed by atoms with van der Waals surface area (Å²) in [6.07, 6.45) is -2.67. The largest absolute Gasteiger partial charge is 0.573 e. The van der Waals surface area contributed by atoms with E-state index >= 15 is 0 Å². The monoisotopic (exact) mass is 826 g/mol. The van der Waals surface area contributed by atoms with E-state index in [-0.39, 0.29) is 41.9 Å². The van der Waals surface area contributed by atoms with E-state index in [9.17, 15) is 45.5 Å². The minimum absolute atomic E-state index is 0.0247. The number of carbonyl (C=O) groups is 3. The zero-order valence-corrected chi connectivity index (χ0v) is 31.8. The number of imide groups is 1. The average molecular weight is 827 g/mol. The van der Waals surface area contributed by atoms with Crippen LogP contribution in [0.2, 0.25) is 0 Å². The van der Waals surface area contributed by atoms with Gasteiger partial charge in [0.1, 0.15) is 17.4 Å². The number of rotatable bonds is 8. The Morgan fingerprint density at radius 3 is 2.36 bits per heavy atom. The molecule has 1 aliphatic carbocycles. The Morgan fingerprint density at radius 2 is 1.66 bits per heavy atom. The van der Waals surface area contributed by atoms with Gasteiger partial charge in [0.05, 0.1) is 28.3 Å². The average Bonchev–Trinajstić information content (AvgIpc) is 3.71. The Morgan fingerprint density at radius 1 is 0.932 bits per heavy atom. The first-order valence-electron chi connectivity index (χ1n) is 19.4. The third-order valence-corrected chi connectivity index (χ3v) is 11.8. The Bertz CT molecular complexity index is 2490. The number of likely N-dealkylation sites (tertiary alicyclic amines) is 1. The Balaban J connectivity index is 0.900. The van der Waals surface area contributed by atoms with E-state index in [0.29, 0.717) is 22.9 Å². The van der Waals surface area contributed by atoms with Crippen LogP contribution >= 0.6 is 0 Å². The predicted molar refractivity (Wildman–Crippen MR) is 202 cm³/mol. The summed E-state index contributed by atoms with van der Waals surface area (Å²) in [5.41, 5.74) is 0.0887. The number of aryl methyl sites for hydroxylation is 1. The van der Waals surface area contributed by atoms with Crippen molar-refractivity contribution in [3.8, 4) is 5.75 Å². The number of fused-ring (bicyclic) bond motifs is 2. The number of hydrogen-bond donors (Lipinski definition) is 2. The SMILES string of the molecule is Cn1c(=O)n(C2CCC(=O)NC2=O)c2cccc(C3CCN(C[C@H]4CC[C@H](n5cc6cc(NC(=O)c7cccc(C(F)(F)F)n7)c(OC(F)(F)F)cc6n5)CC4)CC3)c21. The van der Waals surface area contributed by atoms with Gasteiger partial charge >= 0.3 is 18.2 Å². The van der Waals surface area contributed by atoms with Gasteiger partial charge in [0.25, 0.3) is 5.91 Å². The third kappa shape index (κ3) is 8.29. The van der Waals surface area contributed by atoms with Gasteiger partial charge in [-0.25, -0.2) is 9.78 Å². The maximum Gasteiger partial charge on any atom is 0.573 e. The van der Waals surface area contributed by atoms with E-state index in [1.54, 1.807) is 22.5 Å². The Hall–Kier alpha value is -5.72. The van der Waals surface area contributed by atoms with Crippen molar-refractivity contribution in [3.63, 3.8) is 0 Å². The molecule has 3 amide bonds. The summed E-state index contributed by atoms with van der Waals surface area (Å²) in [7, 11) is 1.72. The first-order valence-corrected chi connectivity index (χ1v) is 19.4. The van der Waals surface area contributed by atoms with Crippen LogP contribution < -0.4 is 21.1 Å². The van der Waals surface area contributed by atoms with Crippen LogP contribution in [0.5, 0.6) is 5.75 Å². The van der Waals surface area contributed by atoms with E-state index in [0.717, 1.165) is 87.4 Å². The van der Waals surface area contributed by atoms with Crippen LogP contribution in [0.4, 0.5) is 32.0 Å². The highest BCUT2D eigenvalue weighted by atomic mass is 19.4. The van der Waals surface area contributed by atoms with Gasteiger partial charge in [-0.2, -0.15) is 18.3 Å². The number of nitrogens with one attached hydrogen (secondary N) is 2. The molecule has 1 saturated carbocycles. The van der Waals surface area contributed by atoms with E-state index in [2.05, 4.69) is 36.4 Å². The number of carbonyl (C=O) groups excluding carboxylic acids is 3. The lowest BCUT2D eigenvalue weighted by atomic mass is 9.84. The van der Waals surface area contributed by atoms with Crippen LogP contribution in [0.25, 0.3) is 21.9 Å². The van der Waals surface area contributed by atoms with E-state index in [1.807, 2.05) is 12.1 Å². The molecule has 2 aliphatic heterocycles. The normalized spacial score (nSPS) is 21.2. The lowest BCUT2D eigenvalue weighted by molar-refractivity contribution is -0.274. The molecule has 0 bridgehead atoms. The third-order valence-electron chi connectivity index (χ3n) is 11.8. The van der Waals surface area contributed by atoms with Gasteiger partial charge in [0.15, 0.2) is 5.75 Å². The van der Waals surface area contributed by atoms with Gasteiger partial charge in [-0.05, 0) is 99.7 Å². The molecule has 3 aromatic heterocycles. The van der Waals surface area contributed by atoms with Crippen LogP contribution in [0.15, 0.2) is 59.5 Å². The molecule has 0 spiro atoms. The molecule has 13 nitrogen and oxygen atoms in total. The fourth-order valence-corrected chi connectivity index (χ4v) is 8.88. The molecule has 1 atom stereocenters. The fourth-order valence-electron chi connectivity index (χ4n) is 8.88.